The summed E-state index contributed by atoms with van der Waals surface area (Å²) in [7, 11) is -3.98. The molecule has 3 aromatic rings. The second-order valence-corrected chi connectivity index (χ2v) is 10.9. The molecule has 0 saturated carbocycles. The van der Waals surface area contributed by atoms with E-state index in [0.29, 0.717) is 16.2 Å². The lowest BCUT2D eigenvalue weighted by atomic mass is 9.95. The fourth-order valence-corrected chi connectivity index (χ4v) is 5.58. The van der Waals surface area contributed by atoms with E-state index in [9.17, 15) is 8.42 Å². The van der Waals surface area contributed by atoms with Crippen LogP contribution >= 0.6 is 11.6 Å². The Morgan fingerprint density at radius 1 is 1.15 bits per heavy atom. The number of fused-ring (bicyclic) bond motifs is 2. The topological polar surface area (TPSA) is 102 Å². The molecule has 0 spiro atoms. The third kappa shape index (κ3) is 3.84. The number of hydrogen-bond acceptors (Lipinski definition) is 8. The van der Waals surface area contributed by atoms with Gasteiger partial charge in [0.05, 0.1) is 16.9 Å². The summed E-state index contributed by atoms with van der Waals surface area (Å²) in [5.74, 6) is -0.898. The van der Waals surface area contributed by atoms with Crippen LogP contribution < -0.4 is 0 Å². The number of aryl methyl sites for hydroxylation is 1. The molecule has 0 amide bonds. The van der Waals surface area contributed by atoms with Gasteiger partial charge in [-0.25, -0.2) is 9.97 Å². The molecule has 176 valence electrons. The first-order valence-corrected chi connectivity index (χ1v) is 12.3. The highest BCUT2D eigenvalue weighted by atomic mass is 35.5. The molecule has 0 N–H and O–H groups in total. The number of halogens is 1. The van der Waals surface area contributed by atoms with Crippen LogP contribution in [0.15, 0.2) is 47.8 Å². The Labute approximate surface area is 196 Å². The fraction of sp³-hybridized carbons (Fsp3) is 0.455. The van der Waals surface area contributed by atoms with E-state index in [2.05, 4.69) is 9.97 Å². The minimum Gasteiger partial charge on any atom is -0.346 e. The van der Waals surface area contributed by atoms with Gasteiger partial charge in [-0.2, -0.15) is 8.42 Å². The van der Waals surface area contributed by atoms with Crippen LogP contribution in [0.5, 0.6) is 0 Å². The normalized spacial score (nSPS) is 28.9. The Hall–Kier alpha value is -2.08. The van der Waals surface area contributed by atoms with Gasteiger partial charge in [-0.1, -0.05) is 29.3 Å². The van der Waals surface area contributed by atoms with Crippen molar-refractivity contribution < 1.29 is 26.8 Å². The first-order chi connectivity index (χ1) is 15.5. The van der Waals surface area contributed by atoms with Crippen LogP contribution in [-0.2, 0) is 28.5 Å². The Morgan fingerprint density at radius 3 is 2.61 bits per heavy atom. The molecule has 2 aliphatic rings. The molecule has 5 rings (SSSR count). The van der Waals surface area contributed by atoms with E-state index in [1.54, 1.807) is 42.8 Å². The molecule has 2 aliphatic heterocycles. The lowest BCUT2D eigenvalue weighted by molar-refractivity contribution is -0.213. The lowest BCUT2D eigenvalue weighted by Crippen LogP contribution is -2.45. The van der Waals surface area contributed by atoms with Crippen molar-refractivity contribution in [3.05, 3.63) is 53.6 Å². The number of hydrogen-bond donors (Lipinski definition) is 0. The van der Waals surface area contributed by atoms with E-state index < -0.39 is 39.9 Å². The predicted molar refractivity (Wildman–Crippen MR) is 119 cm³/mol. The summed E-state index contributed by atoms with van der Waals surface area (Å²) in [5, 5.41) is 0.997. The molecule has 1 aromatic carbocycles. The molecule has 11 heteroatoms. The van der Waals surface area contributed by atoms with Crippen molar-refractivity contribution in [3.8, 4) is 0 Å². The molecule has 4 heterocycles. The van der Waals surface area contributed by atoms with Crippen LogP contribution in [0.2, 0.25) is 5.15 Å². The van der Waals surface area contributed by atoms with Crippen molar-refractivity contribution in [1.82, 2.24) is 14.5 Å². The van der Waals surface area contributed by atoms with Gasteiger partial charge in [-0.15, -0.1) is 0 Å². The third-order valence-electron chi connectivity index (χ3n) is 6.06. The third-order valence-corrected chi connectivity index (χ3v) is 7.66. The van der Waals surface area contributed by atoms with Gasteiger partial charge in [-0.05, 0) is 45.9 Å². The monoisotopic (exact) mass is 493 g/mol. The maximum absolute atomic E-state index is 12.8. The first kappa shape index (κ1) is 22.7. The Bertz CT molecular complexity index is 1310. The summed E-state index contributed by atoms with van der Waals surface area (Å²) < 4.78 is 51.4. The van der Waals surface area contributed by atoms with E-state index in [1.165, 1.54) is 18.5 Å². The van der Waals surface area contributed by atoms with Crippen LogP contribution in [-0.4, -0.2) is 53.2 Å². The van der Waals surface area contributed by atoms with Crippen molar-refractivity contribution in [2.75, 3.05) is 6.61 Å². The molecule has 0 unspecified atom stereocenters. The molecule has 0 bridgehead atoms. The SMILES string of the molecule is Cc1ccc(S(=O)(=O)OC[C@H]2O[C@@H](n3ccc4c(Cl)ncnc43)[C@@H]3OC(C)(C)O[C@]23C)cc1. The van der Waals surface area contributed by atoms with Crippen molar-refractivity contribution in [2.45, 2.75) is 62.4 Å². The molecule has 33 heavy (non-hydrogen) atoms. The van der Waals surface area contributed by atoms with Gasteiger partial charge in [0.1, 0.15) is 34.9 Å². The van der Waals surface area contributed by atoms with Gasteiger partial charge in [0, 0.05) is 6.20 Å². The van der Waals surface area contributed by atoms with Gasteiger partial charge in [-0.3, -0.25) is 4.18 Å². The molecule has 2 fully saturated rings. The summed E-state index contributed by atoms with van der Waals surface area (Å²) in [6, 6.07) is 8.26. The molecule has 0 radical (unpaired) electrons. The predicted octanol–water partition coefficient (Wildman–Crippen LogP) is 3.61. The number of benzene rings is 1. The summed E-state index contributed by atoms with van der Waals surface area (Å²) >= 11 is 6.21. The summed E-state index contributed by atoms with van der Waals surface area (Å²) in [6.07, 6.45) is 1.24. The molecule has 0 aliphatic carbocycles. The van der Waals surface area contributed by atoms with Crippen molar-refractivity contribution in [2.24, 2.45) is 0 Å². The van der Waals surface area contributed by atoms with Gasteiger partial charge in [0.15, 0.2) is 12.0 Å². The maximum Gasteiger partial charge on any atom is 0.297 e. The minimum absolute atomic E-state index is 0.0796. The zero-order valence-corrected chi connectivity index (χ0v) is 20.1. The largest absolute Gasteiger partial charge is 0.346 e. The fourth-order valence-electron chi connectivity index (χ4n) is 4.49. The molecule has 4 atom stereocenters. The number of nitrogens with zero attached hydrogens (tertiary/aromatic N) is 3. The minimum atomic E-state index is -3.98. The maximum atomic E-state index is 12.8. The van der Waals surface area contributed by atoms with Gasteiger partial charge < -0.3 is 18.8 Å². The Morgan fingerprint density at radius 2 is 1.88 bits per heavy atom. The quantitative estimate of drug-likeness (QED) is 0.392. The lowest BCUT2D eigenvalue weighted by Gasteiger charge is -2.29. The van der Waals surface area contributed by atoms with Crippen LogP contribution in [0.1, 0.15) is 32.6 Å². The first-order valence-electron chi connectivity index (χ1n) is 10.5. The van der Waals surface area contributed by atoms with E-state index in [-0.39, 0.29) is 11.5 Å². The van der Waals surface area contributed by atoms with Gasteiger partial charge in [0.2, 0.25) is 0 Å². The molecular formula is C22H24ClN3O6S. The molecule has 9 nitrogen and oxygen atoms in total. The second-order valence-electron chi connectivity index (χ2n) is 8.92. The van der Waals surface area contributed by atoms with Gasteiger partial charge >= 0.3 is 0 Å². The standard InChI is InChI=1S/C22H24ClN3O6S/c1-13-5-7-14(8-6-13)33(27,28)29-11-16-22(4)17(31-21(2,3)32-22)20(30-16)26-10-9-15-18(23)24-12-25-19(15)26/h5-10,12,16-17,20H,11H2,1-4H3/t16-,17+,20-,22-/m1/s1. The van der Waals surface area contributed by atoms with E-state index >= 15 is 0 Å². The van der Waals surface area contributed by atoms with Crippen LogP contribution in [0.4, 0.5) is 0 Å². The molecule has 2 aromatic heterocycles. The van der Waals surface area contributed by atoms with E-state index in [0.717, 1.165) is 5.56 Å². The highest BCUT2D eigenvalue weighted by molar-refractivity contribution is 7.86. The second kappa shape index (κ2) is 7.72. The zero-order chi connectivity index (χ0) is 23.6. The van der Waals surface area contributed by atoms with E-state index in [4.69, 9.17) is 30.0 Å². The molecular weight excluding hydrogens is 470 g/mol. The van der Waals surface area contributed by atoms with Crippen LogP contribution in [0.25, 0.3) is 11.0 Å². The Kier molecular flexibility index (Phi) is 5.31. The highest BCUT2D eigenvalue weighted by Gasteiger charge is 2.64. The smallest absolute Gasteiger partial charge is 0.297 e. The summed E-state index contributed by atoms with van der Waals surface area (Å²) in [6.45, 7) is 7.09. The average Bonchev–Trinajstić information content (AvgIpc) is 3.35. The Balaban J connectivity index is 1.46. The number of rotatable bonds is 5. The number of ether oxygens (including phenoxy) is 3. The van der Waals surface area contributed by atoms with Crippen molar-refractivity contribution in [3.63, 3.8) is 0 Å². The van der Waals surface area contributed by atoms with Crippen LogP contribution in [0, 0.1) is 6.92 Å². The number of aromatic nitrogens is 3. The zero-order valence-electron chi connectivity index (χ0n) is 18.6. The highest BCUT2D eigenvalue weighted by Crippen LogP contribution is 2.51. The van der Waals surface area contributed by atoms with Crippen LogP contribution in [0.3, 0.4) is 0 Å². The summed E-state index contributed by atoms with van der Waals surface area (Å²) in [5.41, 5.74) is 0.557. The van der Waals surface area contributed by atoms with Gasteiger partial charge in [0.25, 0.3) is 10.1 Å². The van der Waals surface area contributed by atoms with E-state index in [1.807, 2.05) is 13.8 Å². The van der Waals surface area contributed by atoms with Crippen molar-refractivity contribution in [1.29, 1.82) is 0 Å². The average molecular weight is 494 g/mol. The summed E-state index contributed by atoms with van der Waals surface area (Å²) in [4.78, 5) is 8.43. The molecule has 2 saturated heterocycles. The van der Waals surface area contributed by atoms with Crippen molar-refractivity contribution >= 4 is 32.8 Å².